The van der Waals surface area contributed by atoms with E-state index in [-0.39, 0.29) is 0 Å². The average molecular weight is 250 g/mol. The van der Waals surface area contributed by atoms with E-state index in [4.69, 9.17) is 0 Å². The van der Waals surface area contributed by atoms with E-state index in [1.807, 2.05) is 0 Å². The van der Waals surface area contributed by atoms with Gasteiger partial charge in [-0.05, 0) is 34.7 Å². The highest BCUT2D eigenvalue weighted by atomic mass is 15.1. The Labute approximate surface area is 114 Å². The summed E-state index contributed by atoms with van der Waals surface area (Å²) in [5.41, 5.74) is 7.28. The minimum atomic E-state index is 1.03. The third-order valence-electron chi connectivity index (χ3n) is 4.26. The molecule has 0 saturated carbocycles. The van der Waals surface area contributed by atoms with E-state index in [9.17, 15) is 0 Å². The Balaban J connectivity index is 1.60. The smallest absolute Gasteiger partial charge is 0.0429 e. The molecular formula is C17H18N2. The summed E-state index contributed by atoms with van der Waals surface area (Å²) in [4.78, 5) is 2.50. The first kappa shape index (κ1) is 11.1. The van der Waals surface area contributed by atoms with Gasteiger partial charge in [0.05, 0.1) is 0 Å². The molecular weight excluding hydrogens is 232 g/mol. The Kier molecular flexibility index (Phi) is 2.56. The number of hydrogen-bond donors (Lipinski definition) is 1. The van der Waals surface area contributed by atoms with Gasteiger partial charge in [0.25, 0.3) is 0 Å². The van der Waals surface area contributed by atoms with Crippen molar-refractivity contribution in [2.24, 2.45) is 0 Å². The van der Waals surface area contributed by atoms with E-state index in [0.717, 1.165) is 26.2 Å². The Morgan fingerprint density at radius 1 is 0.947 bits per heavy atom. The molecule has 0 spiro atoms. The SMILES string of the molecule is c1ccc2c(c1)CCN2Cc1ccc2c(c1)CNC2. The van der Waals surface area contributed by atoms with Gasteiger partial charge in [-0.15, -0.1) is 0 Å². The standard InChI is InChI=1S/C17H18N2/c1-2-4-17-14(3-1)7-8-19(17)12-13-5-6-15-10-18-11-16(15)9-13/h1-6,9,18H,7-8,10-12H2. The molecule has 2 aromatic carbocycles. The third-order valence-corrected chi connectivity index (χ3v) is 4.26. The normalized spacial score (nSPS) is 16.5. The van der Waals surface area contributed by atoms with Gasteiger partial charge in [-0.2, -0.15) is 0 Å². The van der Waals surface area contributed by atoms with Crippen molar-refractivity contribution in [3.8, 4) is 0 Å². The highest BCUT2D eigenvalue weighted by Gasteiger charge is 2.19. The van der Waals surface area contributed by atoms with Gasteiger partial charge in [-0.1, -0.05) is 36.4 Å². The van der Waals surface area contributed by atoms with Crippen molar-refractivity contribution < 1.29 is 0 Å². The monoisotopic (exact) mass is 250 g/mol. The fourth-order valence-electron chi connectivity index (χ4n) is 3.24. The second kappa shape index (κ2) is 4.39. The zero-order valence-electron chi connectivity index (χ0n) is 11.0. The van der Waals surface area contributed by atoms with Gasteiger partial charge < -0.3 is 10.2 Å². The summed E-state index contributed by atoms with van der Waals surface area (Å²) in [7, 11) is 0. The van der Waals surface area contributed by atoms with Crippen LogP contribution in [0.2, 0.25) is 0 Å². The molecule has 19 heavy (non-hydrogen) atoms. The summed E-state index contributed by atoms with van der Waals surface area (Å²) in [6.07, 6.45) is 1.18. The molecule has 0 fully saturated rings. The van der Waals surface area contributed by atoms with Crippen LogP contribution in [-0.4, -0.2) is 6.54 Å². The van der Waals surface area contributed by atoms with Crippen molar-refractivity contribution >= 4 is 5.69 Å². The number of rotatable bonds is 2. The van der Waals surface area contributed by atoms with Crippen molar-refractivity contribution in [3.63, 3.8) is 0 Å². The van der Waals surface area contributed by atoms with Gasteiger partial charge >= 0.3 is 0 Å². The zero-order chi connectivity index (χ0) is 12.7. The van der Waals surface area contributed by atoms with Crippen LogP contribution in [0.3, 0.4) is 0 Å². The first-order chi connectivity index (χ1) is 9.40. The number of para-hydroxylation sites is 1. The van der Waals surface area contributed by atoms with Gasteiger partial charge in [0.1, 0.15) is 0 Å². The van der Waals surface area contributed by atoms with Crippen LogP contribution in [-0.2, 0) is 26.1 Å². The first-order valence-corrected chi connectivity index (χ1v) is 7.04. The van der Waals surface area contributed by atoms with Crippen LogP contribution in [0, 0.1) is 0 Å². The van der Waals surface area contributed by atoms with Crippen molar-refractivity contribution in [1.29, 1.82) is 0 Å². The average Bonchev–Trinajstić information content (AvgIpc) is 3.06. The number of hydrogen-bond acceptors (Lipinski definition) is 2. The van der Waals surface area contributed by atoms with Gasteiger partial charge in [-0.25, -0.2) is 0 Å². The number of anilines is 1. The van der Waals surface area contributed by atoms with E-state index < -0.39 is 0 Å². The molecule has 0 aromatic heterocycles. The summed E-state index contributed by atoms with van der Waals surface area (Å²) in [5, 5.41) is 3.41. The Hall–Kier alpha value is -1.80. The maximum absolute atomic E-state index is 3.41. The van der Waals surface area contributed by atoms with Crippen LogP contribution in [0.5, 0.6) is 0 Å². The number of nitrogens with one attached hydrogen (secondary N) is 1. The van der Waals surface area contributed by atoms with Crippen molar-refractivity contribution in [1.82, 2.24) is 5.32 Å². The number of nitrogens with zero attached hydrogens (tertiary/aromatic N) is 1. The molecule has 2 aliphatic rings. The Bertz CT molecular complexity index is 618. The van der Waals surface area contributed by atoms with Gasteiger partial charge in [-0.3, -0.25) is 0 Å². The fourth-order valence-corrected chi connectivity index (χ4v) is 3.24. The molecule has 2 aromatic rings. The van der Waals surface area contributed by atoms with Crippen LogP contribution in [0.4, 0.5) is 5.69 Å². The lowest BCUT2D eigenvalue weighted by atomic mass is 10.1. The van der Waals surface area contributed by atoms with Crippen molar-refractivity contribution in [2.45, 2.75) is 26.1 Å². The predicted octanol–water partition coefficient (Wildman–Crippen LogP) is 2.85. The number of fused-ring (bicyclic) bond motifs is 2. The highest BCUT2D eigenvalue weighted by Crippen LogP contribution is 2.29. The Morgan fingerprint density at radius 2 is 1.84 bits per heavy atom. The molecule has 0 amide bonds. The molecule has 2 heterocycles. The molecule has 2 heteroatoms. The number of benzene rings is 2. The van der Waals surface area contributed by atoms with E-state index >= 15 is 0 Å². The van der Waals surface area contributed by atoms with Gasteiger partial charge in [0, 0.05) is 31.9 Å². The largest absolute Gasteiger partial charge is 0.367 e. The van der Waals surface area contributed by atoms with Crippen LogP contribution in [0.25, 0.3) is 0 Å². The van der Waals surface area contributed by atoms with Gasteiger partial charge in [0.15, 0.2) is 0 Å². The van der Waals surface area contributed by atoms with Crippen molar-refractivity contribution in [3.05, 3.63) is 64.7 Å². The van der Waals surface area contributed by atoms with Crippen LogP contribution in [0.15, 0.2) is 42.5 Å². The third kappa shape index (κ3) is 1.92. The molecule has 0 aliphatic carbocycles. The minimum absolute atomic E-state index is 1.03. The topological polar surface area (TPSA) is 15.3 Å². The van der Waals surface area contributed by atoms with E-state index in [2.05, 4.69) is 52.7 Å². The zero-order valence-corrected chi connectivity index (χ0v) is 11.0. The maximum Gasteiger partial charge on any atom is 0.0429 e. The predicted molar refractivity (Wildman–Crippen MR) is 78.2 cm³/mol. The van der Waals surface area contributed by atoms with E-state index in [1.54, 1.807) is 0 Å². The van der Waals surface area contributed by atoms with Crippen molar-refractivity contribution in [2.75, 3.05) is 11.4 Å². The highest BCUT2D eigenvalue weighted by molar-refractivity contribution is 5.58. The van der Waals surface area contributed by atoms with Crippen LogP contribution < -0.4 is 10.2 Å². The molecule has 0 unspecified atom stereocenters. The van der Waals surface area contributed by atoms with Crippen LogP contribution in [0.1, 0.15) is 22.3 Å². The van der Waals surface area contributed by atoms with Crippen LogP contribution >= 0.6 is 0 Å². The van der Waals surface area contributed by atoms with Gasteiger partial charge in [0.2, 0.25) is 0 Å². The molecule has 0 saturated heterocycles. The second-order valence-electron chi connectivity index (χ2n) is 5.51. The molecule has 96 valence electrons. The quantitative estimate of drug-likeness (QED) is 0.881. The molecule has 1 N–H and O–H groups in total. The lowest BCUT2D eigenvalue weighted by molar-refractivity contribution is 0.764. The summed E-state index contributed by atoms with van der Waals surface area (Å²) < 4.78 is 0. The van der Waals surface area contributed by atoms with E-state index in [0.29, 0.717) is 0 Å². The second-order valence-corrected chi connectivity index (χ2v) is 5.51. The summed E-state index contributed by atoms with van der Waals surface area (Å²) in [6, 6.07) is 15.7. The Morgan fingerprint density at radius 3 is 2.84 bits per heavy atom. The summed E-state index contributed by atoms with van der Waals surface area (Å²) >= 11 is 0. The summed E-state index contributed by atoms with van der Waals surface area (Å²) in [5.74, 6) is 0. The molecule has 2 nitrogen and oxygen atoms in total. The molecule has 0 bridgehead atoms. The summed E-state index contributed by atoms with van der Waals surface area (Å²) in [6.45, 7) is 4.24. The molecule has 2 aliphatic heterocycles. The fraction of sp³-hybridized carbons (Fsp3) is 0.294. The lowest BCUT2D eigenvalue weighted by Gasteiger charge is -2.19. The first-order valence-electron chi connectivity index (χ1n) is 7.04. The molecule has 0 radical (unpaired) electrons. The molecule has 4 rings (SSSR count). The molecule has 0 atom stereocenters. The maximum atomic E-state index is 3.41. The van der Waals surface area contributed by atoms with E-state index in [1.165, 1.54) is 34.4 Å². The minimum Gasteiger partial charge on any atom is -0.367 e. The lowest BCUT2D eigenvalue weighted by Crippen LogP contribution is -2.19.